The molecule has 2 atom stereocenters. The van der Waals surface area contributed by atoms with Crippen molar-refractivity contribution in [1.29, 1.82) is 0 Å². The summed E-state index contributed by atoms with van der Waals surface area (Å²) in [4.78, 5) is 2.59. The lowest BCUT2D eigenvalue weighted by Crippen LogP contribution is -2.46. The number of aliphatic hydroxyl groups excluding tert-OH is 1. The van der Waals surface area contributed by atoms with E-state index in [1.165, 1.54) is 12.8 Å². The van der Waals surface area contributed by atoms with Crippen molar-refractivity contribution in [2.75, 3.05) is 20.1 Å². The van der Waals surface area contributed by atoms with Gasteiger partial charge in [-0.2, -0.15) is 0 Å². The fourth-order valence-corrected chi connectivity index (χ4v) is 2.85. The molecule has 2 heterocycles. The minimum absolute atomic E-state index is 0.0247. The van der Waals surface area contributed by atoms with Gasteiger partial charge in [0.05, 0.1) is 6.10 Å². The fraction of sp³-hybridized carbons (Fsp3) is 1.00. The maximum Gasteiger partial charge on any atom is 0.0570 e. The van der Waals surface area contributed by atoms with Crippen LogP contribution < -0.4 is 5.32 Å². The summed E-state index contributed by atoms with van der Waals surface area (Å²) in [6, 6.07) is 1.34. The van der Waals surface area contributed by atoms with E-state index in [9.17, 15) is 5.11 Å². The normalized spacial score (nSPS) is 39.7. The molecule has 0 amide bonds. The first kappa shape index (κ1) is 9.44. The van der Waals surface area contributed by atoms with Crippen molar-refractivity contribution < 1.29 is 5.11 Å². The second-order valence-corrected chi connectivity index (χ2v) is 4.35. The van der Waals surface area contributed by atoms with Gasteiger partial charge in [-0.3, -0.25) is 4.90 Å². The van der Waals surface area contributed by atoms with E-state index in [2.05, 4.69) is 10.2 Å². The molecule has 2 aliphatic rings. The van der Waals surface area contributed by atoms with Crippen molar-refractivity contribution in [3.8, 4) is 0 Å². The zero-order chi connectivity index (χ0) is 9.26. The first-order valence-corrected chi connectivity index (χ1v) is 5.39. The highest BCUT2D eigenvalue weighted by Crippen LogP contribution is 2.35. The molecule has 0 aromatic heterocycles. The van der Waals surface area contributed by atoms with E-state index in [0.717, 1.165) is 25.9 Å². The summed E-state index contributed by atoms with van der Waals surface area (Å²) in [5.74, 6) is 0. The molecule has 76 valence electrons. The van der Waals surface area contributed by atoms with E-state index in [4.69, 9.17) is 0 Å². The molecule has 2 unspecified atom stereocenters. The molecule has 0 saturated carbocycles. The highest BCUT2D eigenvalue weighted by molar-refractivity contribution is 4.95. The summed E-state index contributed by atoms with van der Waals surface area (Å²) < 4.78 is 0. The van der Waals surface area contributed by atoms with Gasteiger partial charge in [0.25, 0.3) is 0 Å². The van der Waals surface area contributed by atoms with E-state index in [1.807, 2.05) is 7.05 Å². The van der Waals surface area contributed by atoms with E-state index >= 15 is 0 Å². The van der Waals surface area contributed by atoms with Crippen molar-refractivity contribution in [2.24, 2.45) is 0 Å². The number of nitrogens with zero attached hydrogens (tertiary/aromatic N) is 1. The Hall–Kier alpha value is -0.120. The molecule has 2 rings (SSSR count). The van der Waals surface area contributed by atoms with Gasteiger partial charge >= 0.3 is 0 Å². The van der Waals surface area contributed by atoms with Gasteiger partial charge in [-0.05, 0) is 32.7 Å². The Bertz CT molecular complexity index is 160. The quantitative estimate of drug-likeness (QED) is 0.657. The average molecular weight is 184 g/mol. The Morgan fingerprint density at radius 2 is 1.92 bits per heavy atom. The van der Waals surface area contributed by atoms with Crippen molar-refractivity contribution in [3.63, 3.8) is 0 Å². The Labute approximate surface area is 80.1 Å². The number of piperidine rings is 1. The predicted octanol–water partition coefficient (Wildman–Crippen LogP) is 0.193. The van der Waals surface area contributed by atoms with Crippen LogP contribution in [0, 0.1) is 0 Å². The molecular weight excluding hydrogens is 164 g/mol. The van der Waals surface area contributed by atoms with Crippen LogP contribution in [-0.2, 0) is 0 Å². The minimum Gasteiger partial charge on any atom is -0.393 e. The second kappa shape index (κ2) is 3.95. The largest absolute Gasteiger partial charge is 0.393 e. The van der Waals surface area contributed by atoms with E-state index in [-0.39, 0.29) is 6.10 Å². The number of aliphatic hydroxyl groups is 1. The van der Waals surface area contributed by atoms with Gasteiger partial charge in [0.2, 0.25) is 0 Å². The van der Waals surface area contributed by atoms with Gasteiger partial charge in [0, 0.05) is 25.2 Å². The summed E-state index contributed by atoms with van der Waals surface area (Å²) in [6.45, 7) is 2.22. The Morgan fingerprint density at radius 1 is 1.31 bits per heavy atom. The van der Waals surface area contributed by atoms with Crippen LogP contribution in [0.15, 0.2) is 0 Å². The highest BCUT2D eigenvalue weighted by Gasteiger charge is 2.39. The van der Waals surface area contributed by atoms with Crippen molar-refractivity contribution in [3.05, 3.63) is 0 Å². The highest BCUT2D eigenvalue weighted by atomic mass is 16.3. The number of likely N-dealkylation sites (N-methyl/N-ethyl adjacent to an activating group) is 1. The molecule has 2 aliphatic heterocycles. The Balaban J connectivity index is 1.90. The van der Waals surface area contributed by atoms with Crippen molar-refractivity contribution in [2.45, 2.75) is 43.9 Å². The zero-order valence-electron chi connectivity index (χ0n) is 8.37. The number of hydrogen-bond acceptors (Lipinski definition) is 3. The third-order valence-corrected chi connectivity index (χ3v) is 3.48. The molecule has 0 aromatic rings. The van der Waals surface area contributed by atoms with Crippen LogP contribution in [0.4, 0.5) is 0 Å². The van der Waals surface area contributed by atoms with E-state index in [1.54, 1.807) is 0 Å². The third kappa shape index (κ3) is 1.87. The maximum atomic E-state index is 9.59. The maximum absolute atomic E-state index is 9.59. The molecule has 2 bridgehead atoms. The second-order valence-electron chi connectivity index (χ2n) is 4.35. The molecule has 0 spiro atoms. The topological polar surface area (TPSA) is 35.5 Å². The lowest BCUT2D eigenvalue weighted by atomic mass is 10.00. The molecule has 0 aliphatic carbocycles. The van der Waals surface area contributed by atoms with Gasteiger partial charge < -0.3 is 10.4 Å². The number of rotatable bonds is 3. The zero-order valence-corrected chi connectivity index (χ0v) is 8.37. The van der Waals surface area contributed by atoms with Gasteiger partial charge in [-0.1, -0.05) is 0 Å². The summed E-state index contributed by atoms with van der Waals surface area (Å²) >= 11 is 0. The molecular formula is C10H20N2O. The van der Waals surface area contributed by atoms with E-state index in [0.29, 0.717) is 12.1 Å². The van der Waals surface area contributed by atoms with Crippen molar-refractivity contribution >= 4 is 0 Å². The molecule has 13 heavy (non-hydrogen) atoms. The summed E-state index contributed by atoms with van der Waals surface area (Å²) in [7, 11) is 2.00. The summed E-state index contributed by atoms with van der Waals surface area (Å²) in [5.41, 5.74) is 0. The molecule has 2 N–H and O–H groups in total. The molecule has 0 radical (unpaired) electrons. The number of hydrogen-bond donors (Lipinski definition) is 2. The molecule has 3 nitrogen and oxygen atoms in total. The lowest BCUT2D eigenvalue weighted by molar-refractivity contribution is 0.0364. The van der Waals surface area contributed by atoms with Crippen molar-refractivity contribution in [1.82, 2.24) is 10.2 Å². The van der Waals surface area contributed by atoms with Gasteiger partial charge in [0.15, 0.2) is 0 Å². The van der Waals surface area contributed by atoms with Gasteiger partial charge in [-0.25, -0.2) is 0 Å². The monoisotopic (exact) mass is 184 g/mol. The van der Waals surface area contributed by atoms with Crippen LogP contribution in [0.25, 0.3) is 0 Å². The Morgan fingerprint density at radius 3 is 2.46 bits per heavy atom. The number of fused-ring (bicyclic) bond motifs is 2. The van der Waals surface area contributed by atoms with E-state index < -0.39 is 0 Å². The third-order valence-electron chi connectivity index (χ3n) is 3.48. The molecule has 2 saturated heterocycles. The van der Waals surface area contributed by atoms with Crippen LogP contribution in [-0.4, -0.2) is 48.3 Å². The molecule has 0 aromatic carbocycles. The summed E-state index contributed by atoms with van der Waals surface area (Å²) in [6.07, 6.45) is 4.57. The minimum atomic E-state index is -0.0247. The standard InChI is InChI=1S/C10H20N2O/c1-11-4-5-12-8-2-3-9(12)7-10(13)6-8/h8-11,13H,2-7H2,1H3. The van der Waals surface area contributed by atoms with Crippen LogP contribution in [0.3, 0.4) is 0 Å². The predicted molar refractivity (Wildman–Crippen MR) is 52.7 cm³/mol. The van der Waals surface area contributed by atoms with Crippen LogP contribution in [0.1, 0.15) is 25.7 Å². The first-order valence-electron chi connectivity index (χ1n) is 5.39. The van der Waals surface area contributed by atoms with Crippen LogP contribution >= 0.6 is 0 Å². The SMILES string of the molecule is CNCCN1C2CCC1CC(O)C2. The fourth-order valence-electron chi connectivity index (χ4n) is 2.85. The van der Waals surface area contributed by atoms with Gasteiger partial charge in [0.1, 0.15) is 0 Å². The Kier molecular flexibility index (Phi) is 2.86. The average Bonchev–Trinajstić information content (AvgIpc) is 2.33. The van der Waals surface area contributed by atoms with Crippen LogP contribution in [0.5, 0.6) is 0 Å². The lowest BCUT2D eigenvalue weighted by Gasteiger charge is -2.37. The molecule has 2 fully saturated rings. The smallest absolute Gasteiger partial charge is 0.0570 e. The summed E-state index contributed by atoms with van der Waals surface area (Å²) in [5, 5.41) is 12.8. The van der Waals surface area contributed by atoms with Crippen LogP contribution in [0.2, 0.25) is 0 Å². The molecule has 3 heteroatoms. The van der Waals surface area contributed by atoms with Gasteiger partial charge in [-0.15, -0.1) is 0 Å². The number of nitrogens with one attached hydrogen (secondary N) is 1. The first-order chi connectivity index (χ1) is 6.31.